The van der Waals surface area contributed by atoms with E-state index in [-0.39, 0.29) is 12.5 Å². The molecule has 2 aromatic heterocycles. The highest BCUT2D eigenvalue weighted by atomic mass is 79.9. The van der Waals surface area contributed by atoms with Crippen molar-refractivity contribution in [1.82, 2.24) is 14.8 Å². The largest absolute Gasteiger partial charge is 0.396 e. The molecule has 0 fully saturated rings. The van der Waals surface area contributed by atoms with E-state index in [9.17, 15) is 4.79 Å². The van der Waals surface area contributed by atoms with Crippen molar-refractivity contribution in [3.05, 3.63) is 33.8 Å². The number of halogens is 1. The number of hydrogen-bond acceptors (Lipinski definition) is 4. The van der Waals surface area contributed by atoms with Gasteiger partial charge in [0.05, 0.1) is 28.5 Å². The summed E-state index contributed by atoms with van der Waals surface area (Å²) in [6.45, 7) is 5.62. The summed E-state index contributed by atoms with van der Waals surface area (Å²) >= 11 is 3.28. The van der Waals surface area contributed by atoms with E-state index in [2.05, 4.69) is 31.3 Å². The average Bonchev–Trinajstić information content (AvgIpc) is 2.61. The van der Waals surface area contributed by atoms with E-state index in [4.69, 9.17) is 5.73 Å². The Morgan fingerprint density at radius 3 is 2.60 bits per heavy atom. The molecule has 0 radical (unpaired) electrons. The van der Waals surface area contributed by atoms with Crippen LogP contribution in [0.4, 0.5) is 11.4 Å². The van der Waals surface area contributed by atoms with E-state index >= 15 is 0 Å². The number of pyridine rings is 1. The summed E-state index contributed by atoms with van der Waals surface area (Å²) in [5, 5.41) is 7.05. The van der Waals surface area contributed by atoms with Gasteiger partial charge < -0.3 is 11.1 Å². The van der Waals surface area contributed by atoms with Crippen LogP contribution in [-0.4, -0.2) is 20.7 Å². The van der Waals surface area contributed by atoms with Crippen molar-refractivity contribution < 1.29 is 4.79 Å². The van der Waals surface area contributed by atoms with Crippen LogP contribution in [0.25, 0.3) is 0 Å². The van der Waals surface area contributed by atoms with Gasteiger partial charge in [-0.2, -0.15) is 5.10 Å². The lowest BCUT2D eigenvalue weighted by Crippen LogP contribution is -2.21. The fraction of sp³-hybridized carbons (Fsp3) is 0.308. The number of hydrogen-bond donors (Lipinski definition) is 2. The molecule has 0 spiro atoms. The molecule has 0 saturated heterocycles. The average molecular weight is 338 g/mol. The molecular formula is C13H16BrN5O. The maximum Gasteiger partial charge on any atom is 0.246 e. The quantitative estimate of drug-likeness (QED) is 0.840. The first kappa shape index (κ1) is 14.5. The first-order chi connectivity index (χ1) is 9.38. The van der Waals surface area contributed by atoms with Gasteiger partial charge >= 0.3 is 0 Å². The van der Waals surface area contributed by atoms with Crippen molar-refractivity contribution in [2.75, 3.05) is 11.1 Å². The van der Waals surface area contributed by atoms with Crippen molar-refractivity contribution in [2.24, 2.45) is 0 Å². The lowest BCUT2D eigenvalue weighted by molar-refractivity contribution is -0.116. The van der Waals surface area contributed by atoms with Gasteiger partial charge in [-0.15, -0.1) is 0 Å². The Morgan fingerprint density at radius 1 is 1.35 bits per heavy atom. The van der Waals surface area contributed by atoms with Gasteiger partial charge in [0.1, 0.15) is 11.1 Å². The molecule has 7 heteroatoms. The van der Waals surface area contributed by atoms with Crippen LogP contribution in [0.2, 0.25) is 0 Å². The Hall–Kier alpha value is -1.89. The minimum absolute atomic E-state index is 0.124. The van der Waals surface area contributed by atoms with E-state index in [1.165, 1.54) is 0 Å². The highest BCUT2D eigenvalue weighted by Gasteiger charge is 2.12. The van der Waals surface area contributed by atoms with Crippen LogP contribution in [0.1, 0.15) is 17.1 Å². The Morgan fingerprint density at radius 2 is 2.05 bits per heavy atom. The number of rotatable bonds is 3. The van der Waals surface area contributed by atoms with Crippen molar-refractivity contribution in [1.29, 1.82) is 0 Å². The topological polar surface area (TPSA) is 85.8 Å². The van der Waals surface area contributed by atoms with Gasteiger partial charge in [-0.3, -0.25) is 9.48 Å². The first-order valence-corrected chi connectivity index (χ1v) is 6.90. The summed E-state index contributed by atoms with van der Waals surface area (Å²) in [7, 11) is 0. The molecule has 0 aromatic carbocycles. The van der Waals surface area contributed by atoms with Crippen LogP contribution in [0.5, 0.6) is 0 Å². The third-order valence-electron chi connectivity index (χ3n) is 3.06. The number of aryl methyl sites for hydroxylation is 2. The lowest BCUT2D eigenvalue weighted by Gasteiger charge is -2.09. The number of nitrogens with zero attached hydrogens (tertiary/aromatic N) is 3. The number of nitrogen functional groups attached to an aromatic ring is 1. The Labute approximate surface area is 125 Å². The molecule has 106 valence electrons. The molecule has 2 aromatic rings. The molecule has 2 heterocycles. The maximum atomic E-state index is 12.0. The molecule has 0 saturated carbocycles. The fourth-order valence-corrected chi connectivity index (χ4v) is 2.25. The number of anilines is 2. The predicted molar refractivity (Wildman–Crippen MR) is 81.4 cm³/mol. The second-order valence-corrected chi connectivity index (χ2v) is 5.37. The molecule has 20 heavy (non-hydrogen) atoms. The van der Waals surface area contributed by atoms with Crippen LogP contribution in [0.3, 0.4) is 0 Å². The van der Waals surface area contributed by atoms with Gasteiger partial charge in [0.25, 0.3) is 0 Å². The molecule has 0 aliphatic rings. The minimum atomic E-state index is -0.164. The van der Waals surface area contributed by atoms with Gasteiger partial charge in [0.2, 0.25) is 5.91 Å². The zero-order valence-electron chi connectivity index (χ0n) is 11.6. The molecule has 0 aliphatic heterocycles. The van der Waals surface area contributed by atoms with E-state index in [0.717, 1.165) is 21.7 Å². The fourth-order valence-electron chi connectivity index (χ4n) is 1.85. The molecule has 0 aliphatic carbocycles. The van der Waals surface area contributed by atoms with Crippen LogP contribution in [0, 0.1) is 20.8 Å². The number of carbonyl (C=O) groups excluding carboxylic acids is 1. The summed E-state index contributed by atoms with van der Waals surface area (Å²) < 4.78 is 2.33. The summed E-state index contributed by atoms with van der Waals surface area (Å²) in [5.74, 6) is -0.164. The smallest absolute Gasteiger partial charge is 0.246 e. The molecule has 2 rings (SSSR count). The molecule has 1 amide bonds. The van der Waals surface area contributed by atoms with Gasteiger partial charge in [-0.1, -0.05) is 0 Å². The highest BCUT2D eigenvalue weighted by molar-refractivity contribution is 9.10. The Balaban J connectivity index is 2.11. The Kier molecular flexibility index (Phi) is 4.08. The van der Waals surface area contributed by atoms with Crippen molar-refractivity contribution in [3.8, 4) is 0 Å². The van der Waals surface area contributed by atoms with Crippen LogP contribution >= 0.6 is 15.9 Å². The van der Waals surface area contributed by atoms with Gasteiger partial charge in [0, 0.05) is 0 Å². The molecular weight excluding hydrogens is 322 g/mol. The second kappa shape index (κ2) is 5.62. The number of aromatic nitrogens is 3. The standard InChI is InChI=1S/C13H16BrN5O/c1-7-10(4-5-11(14)16-7)17-12(20)6-19-9(3)13(15)8(2)18-19/h4-5H,6,15H2,1-3H3,(H,17,20). The summed E-state index contributed by atoms with van der Waals surface area (Å²) in [5.41, 5.74) is 9.43. The monoisotopic (exact) mass is 337 g/mol. The lowest BCUT2D eigenvalue weighted by atomic mass is 10.3. The first-order valence-electron chi connectivity index (χ1n) is 6.11. The molecule has 0 bridgehead atoms. The van der Waals surface area contributed by atoms with Gasteiger partial charge in [0.15, 0.2) is 0 Å². The van der Waals surface area contributed by atoms with E-state index in [1.807, 2.05) is 20.8 Å². The number of nitrogens with two attached hydrogens (primary N) is 1. The predicted octanol–water partition coefficient (Wildman–Crippen LogP) is 2.19. The third-order valence-corrected chi connectivity index (χ3v) is 3.50. The van der Waals surface area contributed by atoms with Crippen LogP contribution < -0.4 is 11.1 Å². The second-order valence-electron chi connectivity index (χ2n) is 4.56. The zero-order chi connectivity index (χ0) is 14.9. The molecule has 3 N–H and O–H groups in total. The van der Waals surface area contributed by atoms with Crippen LogP contribution in [0.15, 0.2) is 16.7 Å². The number of amides is 1. The van der Waals surface area contributed by atoms with E-state index in [0.29, 0.717) is 11.4 Å². The SMILES string of the molecule is Cc1nc(Br)ccc1NC(=O)Cn1nc(C)c(N)c1C. The van der Waals surface area contributed by atoms with Gasteiger partial charge in [-0.25, -0.2) is 4.98 Å². The van der Waals surface area contributed by atoms with Gasteiger partial charge in [-0.05, 0) is 48.8 Å². The van der Waals surface area contributed by atoms with Crippen LogP contribution in [-0.2, 0) is 11.3 Å². The number of nitrogens with one attached hydrogen (secondary N) is 1. The van der Waals surface area contributed by atoms with Crippen molar-refractivity contribution >= 4 is 33.2 Å². The maximum absolute atomic E-state index is 12.0. The summed E-state index contributed by atoms with van der Waals surface area (Å²) in [4.78, 5) is 16.3. The number of carbonyl (C=O) groups is 1. The Bertz CT molecular complexity index is 665. The zero-order valence-corrected chi connectivity index (χ0v) is 13.2. The molecule has 0 unspecified atom stereocenters. The van der Waals surface area contributed by atoms with E-state index < -0.39 is 0 Å². The summed E-state index contributed by atoms with van der Waals surface area (Å²) in [6, 6.07) is 3.59. The molecule has 0 atom stereocenters. The molecule has 6 nitrogen and oxygen atoms in total. The van der Waals surface area contributed by atoms with E-state index in [1.54, 1.807) is 16.8 Å². The van der Waals surface area contributed by atoms with Crippen molar-refractivity contribution in [3.63, 3.8) is 0 Å². The van der Waals surface area contributed by atoms with Crippen molar-refractivity contribution in [2.45, 2.75) is 27.3 Å². The minimum Gasteiger partial charge on any atom is -0.396 e. The normalized spacial score (nSPS) is 10.6. The highest BCUT2D eigenvalue weighted by Crippen LogP contribution is 2.17. The third kappa shape index (κ3) is 2.98. The summed E-state index contributed by atoms with van der Waals surface area (Å²) in [6.07, 6.45) is 0.